The Morgan fingerprint density at radius 2 is 2.20 bits per heavy atom. The third-order valence-corrected chi connectivity index (χ3v) is 4.02. The lowest BCUT2D eigenvalue weighted by Crippen LogP contribution is -2.45. The molecule has 0 fully saturated rings. The highest BCUT2D eigenvalue weighted by atomic mass is 32.1. The SMILES string of the molecule is CCC(C)N(CC)C(=O)NCCc1nc(C(=O)O)cs1. The van der Waals surface area contributed by atoms with Crippen molar-refractivity contribution >= 4 is 23.3 Å². The fourth-order valence-corrected chi connectivity index (χ4v) is 2.55. The maximum atomic E-state index is 12.0. The van der Waals surface area contributed by atoms with Gasteiger partial charge in [-0.1, -0.05) is 6.92 Å². The molecule has 1 heterocycles. The summed E-state index contributed by atoms with van der Waals surface area (Å²) in [6.45, 7) is 7.14. The third-order valence-electron chi connectivity index (χ3n) is 3.11. The highest BCUT2D eigenvalue weighted by Gasteiger charge is 2.16. The highest BCUT2D eigenvalue weighted by molar-refractivity contribution is 7.09. The van der Waals surface area contributed by atoms with E-state index in [4.69, 9.17) is 5.11 Å². The fraction of sp³-hybridized carbons (Fsp3) is 0.615. The molecular weight excluding hydrogens is 278 g/mol. The van der Waals surface area contributed by atoms with Gasteiger partial charge in [-0.05, 0) is 20.3 Å². The minimum Gasteiger partial charge on any atom is -0.476 e. The second-order valence-electron chi connectivity index (χ2n) is 4.46. The Kier molecular flexibility index (Phi) is 6.44. The minimum absolute atomic E-state index is 0.0612. The van der Waals surface area contributed by atoms with Crippen molar-refractivity contribution in [1.82, 2.24) is 15.2 Å². The van der Waals surface area contributed by atoms with Gasteiger partial charge in [-0.25, -0.2) is 14.6 Å². The van der Waals surface area contributed by atoms with Crippen LogP contribution in [0.3, 0.4) is 0 Å². The summed E-state index contributed by atoms with van der Waals surface area (Å²) < 4.78 is 0. The Hall–Kier alpha value is -1.63. The molecule has 0 aromatic carbocycles. The number of nitrogens with one attached hydrogen (secondary N) is 1. The van der Waals surface area contributed by atoms with Gasteiger partial charge in [0.2, 0.25) is 0 Å². The first kappa shape index (κ1) is 16.4. The Bertz CT molecular complexity index is 461. The van der Waals surface area contributed by atoms with Crippen LogP contribution in [-0.4, -0.2) is 46.1 Å². The quantitative estimate of drug-likeness (QED) is 0.808. The Labute approximate surface area is 122 Å². The molecule has 2 amide bonds. The van der Waals surface area contributed by atoms with Gasteiger partial charge in [-0.15, -0.1) is 11.3 Å². The predicted octanol–water partition coefficient (Wildman–Crippen LogP) is 2.21. The molecule has 0 saturated heterocycles. The molecule has 0 bridgehead atoms. The summed E-state index contributed by atoms with van der Waals surface area (Å²) in [4.78, 5) is 28.4. The average Bonchev–Trinajstić information content (AvgIpc) is 2.88. The first-order valence-electron chi connectivity index (χ1n) is 6.71. The minimum atomic E-state index is -1.02. The number of thiazole rings is 1. The van der Waals surface area contributed by atoms with E-state index in [-0.39, 0.29) is 17.8 Å². The Morgan fingerprint density at radius 1 is 1.50 bits per heavy atom. The van der Waals surface area contributed by atoms with E-state index < -0.39 is 5.97 Å². The molecule has 6 nitrogen and oxygen atoms in total. The number of aromatic carboxylic acids is 1. The molecule has 2 N–H and O–H groups in total. The maximum Gasteiger partial charge on any atom is 0.355 e. The molecule has 1 aromatic heterocycles. The van der Waals surface area contributed by atoms with Crippen molar-refractivity contribution in [2.45, 2.75) is 39.7 Å². The summed E-state index contributed by atoms with van der Waals surface area (Å²) in [5.41, 5.74) is 0.0612. The van der Waals surface area contributed by atoms with Crippen molar-refractivity contribution in [2.75, 3.05) is 13.1 Å². The van der Waals surface area contributed by atoms with Crippen molar-refractivity contribution in [2.24, 2.45) is 0 Å². The van der Waals surface area contributed by atoms with Crippen LogP contribution in [0.2, 0.25) is 0 Å². The van der Waals surface area contributed by atoms with Gasteiger partial charge < -0.3 is 15.3 Å². The van der Waals surface area contributed by atoms with Crippen LogP contribution >= 0.6 is 11.3 Å². The van der Waals surface area contributed by atoms with E-state index in [1.165, 1.54) is 16.7 Å². The number of carboxylic acids is 1. The maximum absolute atomic E-state index is 12.0. The zero-order valence-electron chi connectivity index (χ0n) is 12.0. The number of hydrogen-bond donors (Lipinski definition) is 2. The lowest BCUT2D eigenvalue weighted by Gasteiger charge is -2.27. The van der Waals surface area contributed by atoms with E-state index in [2.05, 4.69) is 10.3 Å². The molecule has 0 aliphatic carbocycles. The summed E-state index contributed by atoms with van der Waals surface area (Å²) >= 11 is 1.30. The molecule has 1 atom stereocenters. The van der Waals surface area contributed by atoms with Gasteiger partial charge in [0.15, 0.2) is 5.69 Å². The molecule has 0 spiro atoms. The zero-order chi connectivity index (χ0) is 15.1. The molecule has 1 unspecified atom stereocenters. The van der Waals surface area contributed by atoms with E-state index in [1.807, 2.05) is 20.8 Å². The number of nitrogens with zero attached hydrogens (tertiary/aromatic N) is 2. The predicted molar refractivity (Wildman–Crippen MR) is 78.3 cm³/mol. The largest absolute Gasteiger partial charge is 0.476 e. The van der Waals surface area contributed by atoms with Gasteiger partial charge in [0.05, 0.1) is 5.01 Å². The number of carbonyl (C=O) groups excluding carboxylic acids is 1. The average molecular weight is 299 g/mol. The second-order valence-corrected chi connectivity index (χ2v) is 5.40. The van der Waals surface area contributed by atoms with Crippen molar-refractivity contribution in [3.63, 3.8) is 0 Å². The van der Waals surface area contributed by atoms with Gasteiger partial charge in [0, 0.05) is 30.9 Å². The van der Waals surface area contributed by atoms with Crippen LogP contribution in [0.15, 0.2) is 5.38 Å². The fourth-order valence-electron chi connectivity index (χ4n) is 1.78. The molecule has 0 aliphatic rings. The molecule has 112 valence electrons. The van der Waals surface area contributed by atoms with Crippen LogP contribution < -0.4 is 5.32 Å². The Morgan fingerprint density at radius 3 is 2.70 bits per heavy atom. The van der Waals surface area contributed by atoms with E-state index in [0.29, 0.717) is 24.5 Å². The van der Waals surface area contributed by atoms with Crippen LogP contribution in [-0.2, 0) is 6.42 Å². The number of rotatable bonds is 7. The first-order chi connectivity index (χ1) is 9.49. The topological polar surface area (TPSA) is 82.5 Å². The van der Waals surface area contributed by atoms with Crippen LogP contribution in [0, 0.1) is 0 Å². The summed E-state index contributed by atoms with van der Waals surface area (Å²) in [6, 6.07) is 0.121. The summed E-state index contributed by atoms with van der Waals surface area (Å²) in [7, 11) is 0. The molecule has 20 heavy (non-hydrogen) atoms. The number of aromatic nitrogens is 1. The number of hydrogen-bond acceptors (Lipinski definition) is 4. The Balaban J connectivity index is 2.42. The molecule has 0 aliphatic heterocycles. The first-order valence-corrected chi connectivity index (χ1v) is 7.59. The monoisotopic (exact) mass is 299 g/mol. The van der Waals surface area contributed by atoms with E-state index in [1.54, 1.807) is 4.90 Å². The van der Waals surface area contributed by atoms with Crippen molar-refractivity contribution < 1.29 is 14.7 Å². The normalized spacial score (nSPS) is 11.9. The van der Waals surface area contributed by atoms with Gasteiger partial charge in [-0.3, -0.25) is 0 Å². The summed E-state index contributed by atoms with van der Waals surface area (Å²) in [5.74, 6) is -1.02. The van der Waals surface area contributed by atoms with E-state index in [9.17, 15) is 9.59 Å². The number of carboxylic acid groups (broad SMARTS) is 1. The zero-order valence-corrected chi connectivity index (χ0v) is 12.9. The van der Waals surface area contributed by atoms with Crippen molar-refractivity contribution in [3.05, 3.63) is 16.1 Å². The highest BCUT2D eigenvalue weighted by Crippen LogP contribution is 2.10. The third kappa shape index (κ3) is 4.48. The molecule has 0 saturated carbocycles. The second kappa shape index (κ2) is 7.84. The van der Waals surface area contributed by atoms with Gasteiger partial charge in [0.1, 0.15) is 0 Å². The van der Waals surface area contributed by atoms with Gasteiger partial charge in [-0.2, -0.15) is 0 Å². The lowest BCUT2D eigenvalue weighted by atomic mass is 10.2. The number of amides is 2. The smallest absolute Gasteiger partial charge is 0.355 e. The molecule has 1 rings (SSSR count). The van der Waals surface area contributed by atoms with E-state index in [0.717, 1.165) is 6.42 Å². The van der Waals surface area contributed by atoms with Crippen molar-refractivity contribution in [1.29, 1.82) is 0 Å². The van der Waals surface area contributed by atoms with Gasteiger partial charge in [0.25, 0.3) is 0 Å². The lowest BCUT2D eigenvalue weighted by molar-refractivity contribution is 0.0691. The summed E-state index contributed by atoms with van der Waals surface area (Å²) in [6.07, 6.45) is 1.46. The van der Waals surface area contributed by atoms with Crippen LogP contribution in [0.1, 0.15) is 42.7 Å². The van der Waals surface area contributed by atoms with Gasteiger partial charge >= 0.3 is 12.0 Å². The van der Waals surface area contributed by atoms with Crippen LogP contribution in [0.4, 0.5) is 4.79 Å². The van der Waals surface area contributed by atoms with Crippen LogP contribution in [0.25, 0.3) is 0 Å². The number of urea groups is 1. The molecule has 7 heteroatoms. The van der Waals surface area contributed by atoms with Crippen LogP contribution in [0.5, 0.6) is 0 Å². The van der Waals surface area contributed by atoms with E-state index >= 15 is 0 Å². The number of carbonyl (C=O) groups is 2. The standard InChI is InChI=1S/C13H21N3O3S/c1-4-9(3)16(5-2)13(19)14-7-6-11-15-10(8-20-11)12(17)18/h8-9H,4-7H2,1-3H3,(H,14,19)(H,17,18). The molecule has 0 radical (unpaired) electrons. The summed E-state index contributed by atoms with van der Waals surface area (Å²) in [5, 5.41) is 13.8. The molecule has 1 aromatic rings. The van der Waals surface area contributed by atoms with Crippen molar-refractivity contribution in [3.8, 4) is 0 Å². The molecular formula is C13H21N3O3S.